The van der Waals surface area contributed by atoms with Crippen molar-refractivity contribution in [2.75, 3.05) is 7.11 Å². The van der Waals surface area contributed by atoms with Crippen molar-refractivity contribution in [3.8, 4) is 0 Å². The molecule has 1 aliphatic rings. The van der Waals surface area contributed by atoms with Gasteiger partial charge < -0.3 is 4.74 Å². The third-order valence-corrected chi connectivity index (χ3v) is 4.96. The Morgan fingerprint density at radius 2 is 1.92 bits per heavy atom. The maximum absolute atomic E-state index is 13.1. The zero-order valence-corrected chi connectivity index (χ0v) is 14.1. The number of likely N-dealkylation sites (tertiary alicyclic amines) is 1. The van der Waals surface area contributed by atoms with Crippen LogP contribution >= 0.6 is 11.3 Å². The number of hydrogen-bond donors (Lipinski definition) is 0. The van der Waals surface area contributed by atoms with Crippen LogP contribution in [0.3, 0.4) is 0 Å². The van der Waals surface area contributed by atoms with Gasteiger partial charge in [-0.25, -0.2) is 4.39 Å². The minimum absolute atomic E-state index is 0.0567. The lowest BCUT2D eigenvalue weighted by molar-refractivity contribution is -0.140. The highest BCUT2D eigenvalue weighted by Crippen LogP contribution is 2.37. The van der Waals surface area contributed by atoms with Gasteiger partial charge in [0.2, 0.25) is 11.8 Å². The summed E-state index contributed by atoms with van der Waals surface area (Å²) in [6.45, 7) is 2.14. The summed E-state index contributed by atoms with van der Waals surface area (Å²) in [5, 5.41) is 9.21. The largest absolute Gasteiger partial charge is 0.377 e. The lowest BCUT2D eigenvalue weighted by atomic mass is 9.81. The van der Waals surface area contributed by atoms with E-state index in [0.717, 1.165) is 0 Å². The number of halogens is 1. The summed E-state index contributed by atoms with van der Waals surface area (Å²) in [5.41, 5.74) is -0.354. The SMILES string of the molecule is COCc1nnc(CN2C(=O)CC(C)(c3ccc(F)cc3)C2=O)s1. The van der Waals surface area contributed by atoms with Crippen LogP contribution in [0, 0.1) is 5.82 Å². The molecule has 1 atom stereocenters. The minimum atomic E-state index is -0.981. The summed E-state index contributed by atoms with van der Waals surface area (Å²) < 4.78 is 18.1. The van der Waals surface area contributed by atoms with Gasteiger partial charge >= 0.3 is 0 Å². The number of ether oxygens (including phenoxy) is 1. The van der Waals surface area contributed by atoms with Gasteiger partial charge in [0.15, 0.2) is 0 Å². The van der Waals surface area contributed by atoms with Crippen molar-refractivity contribution in [1.29, 1.82) is 0 Å². The van der Waals surface area contributed by atoms with Gasteiger partial charge in [0, 0.05) is 13.5 Å². The predicted octanol–water partition coefficient (Wildman–Crippen LogP) is 2.04. The molecule has 0 spiro atoms. The number of imide groups is 1. The van der Waals surface area contributed by atoms with Crippen LogP contribution in [0.15, 0.2) is 24.3 Å². The molecule has 6 nitrogen and oxygen atoms in total. The van der Waals surface area contributed by atoms with Gasteiger partial charge in [-0.05, 0) is 24.6 Å². The van der Waals surface area contributed by atoms with E-state index in [1.165, 1.54) is 28.4 Å². The van der Waals surface area contributed by atoms with Gasteiger partial charge in [0.05, 0.1) is 18.6 Å². The molecule has 0 saturated carbocycles. The Bertz CT molecular complexity index is 777. The van der Waals surface area contributed by atoms with Gasteiger partial charge in [-0.2, -0.15) is 0 Å². The second-order valence-electron chi connectivity index (χ2n) is 5.82. The standard InChI is InChI=1S/C16H16FN3O3S/c1-16(10-3-5-11(17)6-4-10)7-14(21)20(15(16)22)8-12-18-19-13(24-12)9-23-2/h3-6H,7-9H2,1-2H3. The van der Waals surface area contributed by atoms with Crippen LogP contribution < -0.4 is 0 Å². The number of aromatic nitrogens is 2. The lowest BCUT2D eigenvalue weighted by Crippen LogP contribution is -2.36. The second kappa shape index (κ2) is 6.37. The second-order valence-corrected chi connectivity index (χ2v) is 6.97. The third kappa shape index (κ3) is 2.94. The van der Waals surface area contributed by atoms with E-state index in [2.05, 4.69) is 10.2 Å². The minimum Gasteiger partial charge on any atom is -0.377 e. The molecule has 24 heavy (non-hydrogen) atoms. The van der Waals surface area contributed by atoms with Crippen LogP contribution in [-0.4, -0.2) is 34.0 Å². The smallest absolute Gasteiger partial charge is 0.240 e. The Morgan fingerprint density at radius 1 is 1.25 bits per heavy atom. The van der Waals surface area contributed by atoms with Crippen molar-refractivity contribution in [1.82, 2.24) is 15.1 Å². The molecule has 1 aromatic carbocycles. The van der Waals surface area contributed by atoms with E-state index in [1.54, 1.807) is 26.2 Å². The van der Waals surface area contributed by atoms with E-state index in [0.29, 0.717) is 22.2 Å². The molecule has 1 fully saturated rings. The summed E-state index contributed by atoms with van der Waals surface area (Å²) >= 11 is 1.30. The number of hydrogen-bond acceptors (Lipinski definition) is 6. The highest BCUT2D eigenvalue weighted by Gasteiger charge is 2.49. The average molecular weight is 349 g/mol. The maximum atomic E-state index is 13.1. The molecule has 126 valence electrons. The van der Waals surface area contributed by atoms with E-state index in [9.17, 15) is 14.0 Å². The van der Waals surface area contributed by atoms with Gasteiger partial charge in [-0.15, -0.1) is 10.2 Å². The number of carbonyl (C=O) groups excluding carboxylic acids is 2. The molecule has 2 heterocycles. The Morgan fingerprint density at radius 3 is 2.58 bits per heavy atom. The van der Waals surface area contributed by atoms with Crippen molar-refractivity contribution in [3.63, 3.8) is 0 Å². The fraction of sp³-hybridized carbons (Fsp3) is 0.375. The zero-order valence-electron chi connectivity index (χ0n) is 13.3. The predicted molar refractivity (Wildman–Crippen MR) is 84.5 cm³/mol. The Balaban J connectivity index is 1.81. The van der Waals surface area contributed by atoms with Crippen LogP contribution in [0.5, 0.6) is 0 Å². The van der Waals surface area contributed by atoms with Crippen molar-refractivity contribution in [2.45, 2.75) is 31.9 Å². The molecule has 0 radical (unpaired) electrons. The number of amides is 2. The van der Waals surface area contributed by atoms with Gasteiger partial charge in [0.25, 0.3) is 0 Å². The van der Waals surface area contributed by atoms with Gasteiger partial charge in [-0.1, -0.05) is 23.5 Å². The molecule has 1 saturated heterocycles. The van der Waals surface area contributed by atoms with E-state index in [4.69, 9.17) is 4.74 Å². The molecule has 0 aliphatic carbocycles. The molecule has 1 aliphatic heterocycles. The Labute approximate surface area is 142 Å². The number of carbonyl (C=O) groups is 2. The van der Waals surface area contributed by atoms with Crippen molar-refractivity contribution in [2.24, 2.45) is 0 Å². The molecule has 0 N–H and O–H groups in total. The van der Waals surface area contributed by atoms with Crippen molar-refractivity contribution < 1.29 is 18.7 Å². The maximum Gasteiger partial charge on any atom is 0.240 e. The van der Waals surface area contributed by atoms with Crippen LogP contribution in [0.4, 0.5) is 4.39 Å². The summed E-state index contributed by atoms with van der Waals surface area (Å²) in [7, 11) is 1.56. The fourth-order valence-corrected chi connectivity index (χ4v) is 3.56. The monoisotopic (exact) mass is 349 g/mol. The molecule has 8 heteroatoms. The summed E-state index contributed by atoms with van der Waals surface area (Å²) in [5.74, 6) is -0.951. The molecule has 0 bridgehead atoms. The van der Waals surface area contributed by atoms with Crippen LogP contribution in [-0.2, 0) is 32.9 Å². The number of methoxy groups -OCH3 is 1. The molecule has 1 aromatic heterocycles. The van der Waals surface area contributed by atoms with E-state index in [-0.39, 0.29) is 30.6 Å². The summed E-state index contributed by atoms with van der Waals surface area (Å²) in [6, 6.07) is 5.68. The van der Waals surface area contributed by atoms with Crippen molar-refractivity contribution in [3.05, 3.63) is 45.7 Å². The van der Waals surface area contributed by atoms with Crippen LogP contribution in [0.1, 0.15) is 28.9 Å². The first kappa shape index (κ1) is 16.7. The number of nitrogens with zero attached hydrogens (tertiary/aromatic N) is 3. The van der Waals surface area contributed by atoms with E-state index in [1.807, 2.05) is 0 Å². The fourth-order valence-electron chi connectivity index (χ4n) is 2.76. The normalized spacial score (nSPS) is 20.9. The topological polar surface area (TPSA) is 72.4 Å². The molecular formula is C16H16FN3O3S. The highest BCUT2D eigenvalue weighted by atomic mass is 32.1. The molecule has 2 amide bonds. The number of benzene rings is 1. The first-order chi connectivity index (χ1) is 11.4. The van der Waals surface area contributed by atoms with Crippen LogP contribution in [0.25, 0.3) is 0 Å². The molecule has 3 rings (SSSR count). The van der Waals surface area contributed by atoms with E-state index < -0.39 is 5.41 Å². The number of rotatable bonds is 5. The van der Waals surface area contributed by atoms with Crippen LogP contribution in [0.2, 0.25) is 0 Å². The van der Waals surface area contributed by atoms with Crippen molar-refractivity contribution >= 4 is 23.2 Å². The molecular weight excluding hydrogens is 333 g/mol. The average Bonchev–Trinajstić information content (AvgIpc) is 3.07. The highest BCUT2D eigenvalue weighted by molar-refractivity contribution is 7.11. The first-order valence-corrected chi connectivity index (χ1v) is 8.17. The van der Waals surface area contributed by atoms with E-state index >= 15 is 0 Å². The van der Waals surface area contributed by atoms with Gasteiger partial charge in [-0.3, -0.25) is 14.5 Å². The Kier molecular flexibility index (Phi) is 4.42. The summed E-state index contributed by atoms with van der Waals surface area (Å²) in [6.07, 6.45) is 0.0567. The molecule has 1 unspecified atom stereocenters. The quantitative estimate of drug-likeness (QED) is 0.773. The van der Waals surface area contributed by atoms with Gasteiger partial charge in [0.1, 0.15) is 15.8 Å². The third-order valence-electron chi connectivity index (χ3n) is 4.07. The Hall–Kier alpha value is -2.19. The molecule has 2 aromatic rings. The lowest BCUT2D eigenvalue weighted by Gasteiger charge is -2.22. The zero-order chi connectivity index (χ0) is 17.3. The summed E-state index contributed by atoms with van der Waals surface area (Å²) in [4.78, 5) is 26.3. The first-order valence-electron chi connectivity index (χ1n) is 7.35.